The molecule has 0 aromatic heterocycles. The van der Waals surface area contributed by atoms with Crippen molar-refractivity contribution >= 4 is 56.4 Å². The number of halogens is 2. The van der Waals surface area contributed by atoms with Crippen molar-refractivity contribution in [2.24, 2.45) is 20.0 Å². The van der Waals surface area contributed by atoms with E-state index in [9.17, 15) is 0 Å². The van der Waals surface area contributed by atoms with E-state index in [0.717, 1.165) is 0 Å². The van der Waals surface area contributed by atoms with E-state index in [1.165, 1.54) is 11.8 Å². The van der Waals surface area contributed by atoms with Crippen LogP contribution in [0.2, 0.25) is 0 Å². The van der Waals surface area contributed by atoms with Gasteiger partial charge in [0.25, 0.3) is 0 Å². The molecule has 1 unspecified atom stereocenters. The molecule has 2 heterocycles. The van der Waals surface area contributed by atoms with Crippen LogP contribution in [0.25, 0.3) is 0 Å². The van der Waals surface area contributed by atoms with Gasteiger partial charge in [0.15, 0.2) is 17.0 Å². The van der Waals surface area contributed by atoms with Gasteiger partial charge in [-0.25, -0.2) is 20.0 Å². The molecule has 0 aromatic carbocycles. The van der Waals surface area contributed by atoms with Gasteiger partial charge in [0, 0.05) is 0 Å². The molecule has 0 amide bonds. The summed E-state index contributed by atoms with van der Waals surface area (Å²) in [6, 6.07) is -0.384. The van der Waals surface area contributed by atoms with Crippen molar-refractivity contribution in [1.82, 2.24) is 0 Å². The van der Waals surface area contributed by atoms with E-state index in [1.54, 1.807) is 0 Å². The number of hydrogen-bond acceptors (Lipinski definition) is 5. The maximum Gasteiger partial charge on any atom is 0.220 e. The maximum atomic E-state index is 5.87. The van der Waals surface area contributed by atoms with Gasteiger partial charge < -0.3 is 0 Å². The van der Waals surface area contributed by atoms with Crippen LogP contribution in [0.1, 0.15) is 0 Å². The van der Waals surface area contributed by atoms with Gasteiger partial charge in [-0.05, 0) is 17.9 Å². The summed E-state index contributed by atoms with van der Waals surface area (Å²) in [5.74, 6) is 0.523. The van der Waals surface area contributed by atoms with Crippen molar-refractivity contribution in [2.45, 2.75) is 6.04 Å². The summed E-state index contributed by atoms with van der Waals surface area (Å²) < 4.78 is 0. The lowest BCUT2D eigenvalue weighted by Gasteiger charge is -2.10. The third-order valence-electron chi connectivity index (χ3n) is 1.51. The number of aliphatic imine (C=N–C) groups is 4. The summed E-state index contributed by atoms with van der Waals surface area (Å²) in [7, 11) is 0. The van der Waals surface area contributed by atoms with Crippen LogP contribution in [0, 0.1) is 0 Å². The highest BCUT2D eigenvalue weighted by atomic mass is 35.5. The quantitative estimate of drug-likeness (QED) is 0.590. The van der Waals surface area contributed by atoms with Crippen molar-refractivity contribution < 1.29 is 0 Å². The largest absolute Gasteiger partial charge is 0.237 e. The second-order valence-electron chi connectivity index (χ2n) is 2.30. The van der Waals surface area contributed by atoms with Crippen molar-refractivity contribution in [2.75, 3.05) is 6.26 Å². The van der Waals surface area contributed by atoms with E-state index >= 15 is 0 Å². The maximum absolute atomic E-state index is 5.87. The van der Waals surface area contributed by atoms with Crippen LogP contribution in [0.4, 0.5) is 0 Å². The zero-order valence-electron chi connectivity index (χ0n) is 6.53. The second kappa shape index (κ2) is 3.40. The number of fused-ring (bicyclic) bond motifs is 1. The first kappa shape index (κ1) is 9.18. The molecule has 1 atom stereocenters. The van der Waals surface area contributed by atoms with Gasteiger partial charge >= 0.3 is 0 Å². The smallest absolute Gasteiger partial charge is 0.220 e. The SMILES string of the molecule is CSC1=NC2=NC(Cl)=NC2C(Cl)=N1. The van der Waals surface area contributed by atoms with Gasteiger partial charge in [-0.3, -0.25) is 0 Å². The van der Waals surface area contributed by atoms with E-state index < -0.39 is 0 Å². The second-order valence-corrected chi connectivity index (χ2v) is 3.80. The van der Waals surface area contributed by atoms with Gasteiger partial charge in [-0.2, -0.15) is 0 Å². The highest BCUT2D eigenvalue weighted by Crippen LogP contribution is 2.19. The third kappa shape index (κ3) is 1.63. The summed E-state index contributed by atoms with van der Waals surface area (Å²) in [4.78, 5) is 16.0. The number of rotatable bonds is 0. The molecule has 2 aliphatic heterocycles. The predicted octanol–water partition coefficient (Wildman–Crippen LogP) is 1.73. The third-order valence-corrected chi connectivity index (χ3v) is 2.53. The number of nitrogens with zero attached hydrogens (tertiary/aromatic N) is 4. The first-order valence-corrected chi connectivity index (χ1v) is 5.37. The first-order valence-electron chi connectivity index (χ1n) is 3.39. The molecule has 0 N–H and O–H groups in total. The summed E-state index contributed by atoms with van der Waals surface area (Å²) in [5.41, 5.74) is 0. The molecule has 0 radical (unpaired) electrons. The number of amidine groups is 3. The van der Waals surface area contributed by atoms with Crippen LogP contribution < -0.4 is 0 Å². The Labute approximate surface area is 88.9 Å². The average Bonchev–Trinajstić information content (AvgIpc) is 2.46. The summed E-state index contributed by atoms with van der Waals surface area (Å²) in [5, 5.41) is 1.13. The summed E-state index contributed by atoms with van der Waals surface area (Å²) in [6.07, 6.45) is 1.87. The number of hydrogen-bond donors (Lipinski definition) is 0. The molecule has 2 rings (SSSR count). The minimum Gasteiger partial charge on any atom is -0.237 e. The van der Waals surface area contributed by atoms with Crippen LogP contribution in [0.3, 0.4) is 0 Å². The molecule has 0 aromatic rings. The molecule has 0 aliphatic carbocycles. The standard InChI is InChI=1S/C6H4Cl2N4S/c1-13-6-10-3(7)2-4(12-6)11-5(8)9-2/h2H,1H3. The van der Waals surface area contributed by atoms with Crippen LogP contribution >= 0.6 is 35.0 Å². The fourth-order valence-electron chi connectivity index (χ4n) is 0.962. The molecule has 0 bridgehead atoms. The van der Waals surface area contributed by atoms with E-state index in [0.29, 0.717) is 16.2 Å². The van der Waals surface area contributed by atoms with Crippen molar-refractivity contribution in [3.05, 3.63) is 0 Å². The molecule has 0 saturated heterocycles. The first-order chi connectivity index (χ1) is 6.20. The lowest BCUT2D eigenvalue weighted by Crippen LogP contribution is -2.25. The predicted molar refractivity (Wildman–Crippen MR) is 58.7 cm³/mol. The average molecular weight is 235 g/mol. The zero-order valence-corrected chi connectivity index (χ0v) is 8.86. The lowest BCUT2D eigenvalue weighted by atomic mass is 10.3. The van der Waals surface area contributed by atoms with Crippen molar-refractivity contribution in [3.63, 3.8) is 0 Å². The molecular formula is C6H4Cl2N4S. The molecule has 4 nitrogen and oxygen atoms in total. The molecule has 13 heavy (non-hydrogen) atoms. The summed E-state index contributed by atoms with van der Waals surface area (Å²) >= 11 is 12.9. The Balaban J connectivity index is 2.40. The zero-order chi connectivity index (χ0) is 9.42. The van der Waals surface area contributed by atoms with Gasteiger partial charge in [0.2, 0.25) is 5.29 Å². The van der Waals surface area contributed by atoms with Crippen molar-refractivity contribution in [3.8, 4) is 0 Å². The molecule has 2 aliphatic rings. The van der Waals surface area contributed by atoms with E-state index in [-0.39, 0.29) is 11.3 Å². The fourth-order valence-corrected chi connectivity index (χ4v) is 1.80. The Morgan fingerprint density at radius 2 is 2.00 bits per heavy atom. The molecule has 7 heteroatoms. The minimum absolute atomic E-state index is 0.180. The molecule has 0 saturated carbocycles. The molecule has 68 valence electrons. The minimum atomic E-state index is -0.384. The Kier molecular flexibility index (Phi) is 2.40. The van der Waals surface area contributed by atoms with Crippen LogP contribution in [-0.4, -0.2) is 33.8 Å². The van der Waals surface area contributed by atoms with Crippen LogP contribution in [-0.2, 0) is 0 Å². The van der Waals surface area contributed by atoms with Gasteiger partial charge in [0.05, 0.1) is 0 Å². The molecule has 0 spiro atoms. The van der Waals surface area contributed by atoms with Gasteiger partial charge in [-0.15, -0.1) is 0 Å². The van der Waals surface area contributed by atoms with Gasteiger partial charge in [-0.1, -0.05) is 23.4 Å². The highest BCUT2D eigenvalue weighted by molar-refractivity contribution is 8.13. The van der Waals surface area contributed by atoms with E-state index in [4.69, 9.17) is 23.2 Å². The lowest BCUT2D eigenvalue weighted by molar-refractivity contribution is 1.16. The summed E-state index contributed by atoms with van der Waals surface area (Å²) in [6.45, 7) is 0. The fraction of sp³-hybridized carbons (Fsp3) is 0.333. The molecule has 0 fully saturated rings. The van der Waals surface area contributed by atoms with Crippen molar-refractivity contribution in [1.29, 1.82) is 0 Å². The highest BCUT2D eigenvalue weighted by Gasteiger charge is 2.29. The van der Waals surface area contributed by atoms with Gasteiger partial charge in [0.1, 0.15) is 5.17 Å². The monoisotopic (exact) mass is 234 g/mol. The van der Waals surface area contributed by atoms with E-state index in [2.05, 4.69) is 20.0 Å². The normalized spacial score (nSPS) is 25.9. The van der Waals surface area contributed by atoms with E-state index in [1.807, 2.05) is 6.26 Å². The van der Waals surface area contributed by atoms with Crippen LogP contribution in [0.15, 0.2) is 20.0 Å². The van der Waals surface area contributed by atoms with Crippen LogP contribution in [0.5, 0.6) is 0 Å². The Bertz CT molecular complexity index is 371. The topological polar surface area (TPSA) is 49.4 Å². The molecular weight excluding hydrogens is 231 g/mol. The number of thioether (sulfide) groups is 1. The Morgan fingerprint density at radius 1 is 1.23 bits per heavy atom. The Hall–Kier alpha value is -0.390. The Morgan fingerprint density at radius 3 is 2.69 bits per heavy atom.